The molecule has 0 amide bonds. The standard InChI is InChI=1S/C23H17ClFNO5S/c1-13-16(12-21(27)28)22-19(26-13)11-10-18(25)23(22)32(29,30)15-8-6-14(7-9-15)31-20-5-3-2-4-17(20)24/h2-10H,11-12H2,1H3,(H,27,28). The summed E-state index contributed by atoms with van der Waals surface area (Å²) in [7, 11) is -4.31. The van der Waals surface area contributed by atoms with Gasteiger partial charge in [-0.3, -0.25) is 9.79 Å². The molecule has 164 valence electrons. The number of fused-ring (bicyclic) bond motifs is 1. The van der Waals surface area contributed by atoms with Gasteiger partial charge < -0.3 is 9.84 Å². The van der Waals surface area contributed by atoms with Crippen molar-refractivity contribution < 1.29 is 27.4 Å². The fourth-order valence-electron chi connectivity index (χ4n) is 3.58. The number of allylic oxidation sites excluding steroid dienone is 4. The maximum Gasteiger partial charge on any atom is 0.307 e. The highest BCUT2D eigenvalue weighted by Crippen LogP contribution is 2.42. The number of hydrogen-bond donors (Lipinski definition) is 1. The minimum atomic E-state index is -4.31. The molecular formula is C23H17ClFNO5S. The Kier molecular flexibility index (Phi) is 5.75. The van der Waals surface area contributed by atoms with Crippen molar-refractivity contribution in [2.45, 2.75) is 24.7 Å². The molecule has 0 aromatic heterocycles. The number of carbonyl (C=O) groups is 1. The van der Waals surface area contributed by atoms with Crippen LogP contribution in [0.2, 0.25) is 5.02 Å². The van der Waals surface area contributed by atoms with Gasteiger partial charge in [0, 0.05) is 17.7 Å². The van der Waals surface area contributed by atoms with Crippen LogP contribution >= 0.6 is 11.6 Å². The Labute approximate surface area is 188 Å². The van der Waals surface area contributed by atoms with Crippen LogP contribution in [0.1, 0.15) is 19.8 Å². The summed E-state index contributed by atoms with van der Waals surface area (Å²) in [6.07, 6.45) is 0.775. The molecule has 1 heterocycles. The van der Waals surface area contributed by atoms with E-state index in [1.807, 2.05) is 0 Å². The Bertz CT molecular complexity index is 1360. The first kappa shape index (κ1) is 22.0. The Hall–Kier alpha value is -3.23. The lowest BCUT2D eigenvalue weighted by Gasteiger charge is -2.18. The third-order valence-electron chi connectivity index (χ3n) is 5.04. The summed E-state index contributed by atoms with van der Waals surface area (Å²) in [5.74, 6) is -1.33. The molecule has 9 heteroatoms. The van der Waals surface area contributed by atoms with Crippen molar-refractivity contribution in [1.82, 2.24) is 0 Å². The molecule has 0 saturated carbocycles. The molecule has 0 unspecified atom stereocenters. The van der Waals surface area contributed by atoms with Crippen LogP contribution in [-0.2, 0) is 14.6 Å². The van der Waals surface area contributed by atoms with Gasteiger partial charge in [0.2, 0.25) is 9.84 Å². The fraction of sp³-hybridized carbons (Fsp3) is 0.130. The van der Waals surface area contributed by atoms with Crippen molar-refractivity contribution >= 4 is 33.1 Å². The lowest BCUT2D eigenvalue weighted by atomic mass is 9.94. The van der Waals surface area contributed by atoms with Crippen molar-refractivity contribution in [2.24, 2.45) is 4.99 Å². The number of carboxylic acid groups (broad SMARTS) is 1. The van der Waals surface area contributed by atoms with E-state index in [2.05, 4.69) is 4.99 Å². The molecular weight excluding hydrogens is 457 g/mol. The first-order valence-corrected chi connectivity index (χ1v) is 11.4. The smallest absolute Gasteiger partial charge is 0.307 e. The Morgan fingerprint density at radius 2 is 1.88 bits per heavy atom. The van der Waals surface area contributed by atoms with E-state index < -0.39 is 33.0 Å². The van der Waals surface area contributed by atoms with Gasteiger partial charge in [-0.2, -0.15) is 0 Å². The zero-order valence-corrected chi connectivity index (χ0v) is 18.4. The van der Waals surface area contributed by atoms with Gasteiger partial charge in [0.05, 0.1) is 22.1 Å². The number of para-hydroxylation sites is 1. The monoisotopic (exact) mass is 473 g/mol. The van der Waals surface area contributed by atoms with Crippen molar-refractivity contribution in [3.8, 4) is 11.5 Å². The summed E-state index contributed by atoms with van der Waals surface area (Å²) in [5, 5.41) is 9.63. The average Bonchev–Trinajstić information content (AvgIpc) is 3.04. The van der Waals surface area contributed by atoms with Crippen molar-refractivity contribution in [3.63, 3.8) is 0 Å². The average molecular weight is 474 g/mol. The van der Waals surface area contributed by atoms with E-state index in [9.17, 15) is 22.7 Å². The predicted molar refractivity (Wildman–Crippen MR) is 118 cm³/mol. The number of aliphatic carboxylic acids is 1. The maximum atomic E-state index is 14.9. The quantitative estimate of drug-likeness (QED) is 0.587. The number of benzene rings is 2. The SMILES string of the molecule is CC1=C(CC(=O)O)C2=C(S(=O)(=O)c3ccc(Oc4ccccc4Cl)cc3)C(F)=CCC2=N1. The minimum absolute atomic E-state index is 0.0429. The number of rotatable bonds is 6. The van der Waals surface area contributed by atoms with Crippen LogP contribution in [0.15, 0.2) is 92.1 Å². The summed E-state index contributed by atoms with van der Waals surface area (Å²) in [6, 6.07) is 12.3. The largest absolute Gasteiger partial charge is 0.481 e. The number of aliphatic imine (C=N–C) groups is 1. The number of nitrogens with zero attached hydrogens (tertiary/aromatic N) is 1. The van der Waals surface area contributed by atoms with Crippen LogP contribution in [-0.4, -0.2) is 25.2 Å². The van der Waals surface area contributed by atoms with E-state index in [1.54, 1.807) is 31.2 Å². The minimum Gasteiger partial charge on any atom is -0.481 e. The molecule has 2 aliphatic rings. The van der Waals surface area contributed by atoms with Gasteiger partial charge in [-0.25, -0.2) is 12.8 Å². The summed E-state index contributed by atoms with van der Waals surface area (Å²) in [6.45, 7) is 1.58. The molecule has 4 rings (SSSR count). The number of carboxylic acids is 1. The lowest BCUT2D eigenvalue weighted by Crippen LogP contribution is -2.17. The van der Waals surface area contributed by atoms with Gasteiger partial charge >= 0.3 is 5.97 Å². The Morgan fingerprint density at radius 1 is 1.19 bits per heavy atom. The zero-order chi connectivity index (χ0) is 23.0. The second-order valence-corrected chi connectivity index (χ2v) is 9.45. The van der Waals surface area contributed by atoms with Gasteiger partial charge in [0.25, 0.3) is 0 Å². The van der Waals surface area contributed by atoms with E-state index in [0.717, 1.165) is 6.08 Å². The van der Waals surface area contributed by atoms with Gasteiger partial charge in [-0.05, 0) is 55.0 Å². The van der Waals surface area contributed by atoms with Crippen LogP contribution in [0.25, 0.3) is 0 Å². The lowest BCUT2D eigenvalue weighted by molar-refractivity contribution is -0.136. The second kappa shape index (κ2) is 8.37. The molecule has 0 fully saturated rings. The molecule has 0 saturated heterocycles. The molecule has 32 heavy (non-hydrogen) atoms. The third-order valence-corrected chi connectivity index (χ3v) is 7.19. The Morgan fingerprint density at radius 3 is 2.53 bits per heavy atom. The van der Waals surface area contributed by atoms with E-state index >= 15 is 0 Å². The van der Waals surface area contributed by atoms with E-state index in [0.29, 0.717) is 27.9 Å². The van der Waals surface area contributed by atoms with Gasteiger partial charge in [-0.15, -0.1) is 0 Å². The molecule has 0 atom stereocenters. The summed E-state index contributed by atoms with van der Waals surface area (Å²) in [4.78, 5) is 14.9. The van der Waals surface area contributed by atoms with Crippen LogP contribution in [0.5, 0.6) is 11.5 Å². The van der Waals surface area contributed by atoms with Gasteiger partial charge in [-0.1, -0.05) is 23.7 Å². The highest BCUT2D eigenvalue weighted by atomic mass is 35.5. The number of hydrogen-bond acceptors (Lipinski definition) is 5. The molecule has 0 bridgehead atoms. The van der Waals surface area contributed by atoms with Crippen LogP contribution < -0.4 is 4.74 Å². The third kappa shape index (κ3) is 3.99. The highest BCUT2D eigenvalue weighted by Gasteiger charge is 2.37. The summed E-state index contributed by atoms with van der Waals surface area (Å²) in [5.41, 5.74) is 0.961. The second-order valence-electron chi connectivity index (χ2n) is 7.16. The summed E-state index contributed by atoms with van der Waals surface area (Å²) >= 11 is 6.08. The normalized spacial score (nSPS) is 16.0. The first-order valence-electron chi connectivity index (χ1n) is 9.56. The molecule has 0 spiro atoms. The molecule has 1 aliphatic carbocycles. The van der Waals surface area contributed by atoms with Gasteiger partial charge in [0.1, 0.15) is 22.2 Å². The number of sulfone groups is 1. The predicted octanol–water partition coefficient (Wildman–Crippen LogP) is 5.62. The van der Waals surface area contributed by atoms with Crippen LogP contribution in [0.3, 0.4) is 0 Å². The molecule has 0 radical (unpaired) electrons. The van der Waals surface area contributed by atoms with Crippen molar-refractivity contribution in [1.29, 1.82) is 0 Å². The van der Waals surface area contributed by atoms with Crippen molar-refractivity contribution in [2.75, 3.05) is 0 Å². The maximum absolute atomic E-state index is 14.9. The molecule has 1 N–H and O–H groups in total. The van der Waals surface area contributed by atoms with Crippen molar-refractivity contribution in [3.05, 3.63) is 87.2 Å². The summed E-state index contributed by atoms with van der Waals surface area (Å²) < 4.78 is 47.3. The first-order chi connectivity index (χ1) is 15.2. The highest BCUT2D eigenvalue weighted by molar-refractivity contribution is 7.95. The zero-order valence-electron chi connectivity index (χ0n) is 16.8. The molecule has 6 nitrogen and oxygen atoms in total. The molecule has 2 aromatic rings. The van der Waals surface area contributed by atoms with E-state index in [4.69, 9.17) is 16.3 Å². The number of halogens is 2. The Balaban J connectivity index is 1.74. The van der Waals surface area contributed by atoms with Crippen LogP contribution in [0, 0.1) is 0 Å². The molecule has 1 aliphatic heterocycles. The van der Waals surface area contributed by atoms with Gasteiger partial charge in [0.15, 0.2) is 0 Å². The molecule has 2 aromatic carbocycles. The topological polar surface area (TPSA) is 93.0 Å². The fourth-order valence-corrected chi connectivity index (χ4v) is 5.34. The van der Waals surface area contributed by atoms with Crippen LogP contribution in [0.4, 0.5) is 4.39 Å². The van der Waals surface area contributed by atoms with E-state index in [1.165, 1.54) is 24.3 Å². The van der Waals surface area contributed by atoms with E-state index in [-0.39, 0.29) is 22.5 Å². The number of ether oxygens (including phenoxy) is 1.